The fourth-order valence-corrected chi connectivity index (χ4v) is 2.90. The van der Waals surface area contributed by atoms with Crippen molar-refractivity contribution in [1.82, 2.24) is 10.2 Å². The summed E-state index contributed by atoms with van der Waals surface area (Å²) in [4.78, 5) is 14.8. The molecule has 1 heterocycles. The molecule has 110 valence electrons. The Labute approximate surface area is 118 Å². The summed E-state index contributed by atoms with van der Waals surface area (Å²) in [6.07, 6.45) is 3.85. The molecule has 1 aliphatic carbocycles. The summed E-state index contributed by atoms with van der Waals surface area (Å²) in [5.41, 5.74) is -0.283. The van der Waals surface area contributed by atoms with Gasteiger partial charge in [-0.1, -0.05) is 34.6 Å². The highest BCUT2D eigenvalue weighted by atomic mass is 16.2. The zero-order valence-corrected chi connectivity index (χ0v) is 13.2. The first-order valence-electron chi connectivity index (χ1n) is 7.82. The minimum Gasteiger partial charge on any atom is -0.352 e. The molecule has 3 nitrogen and oxygen atoms in total. The molecule has 0 aromatic heterocycles. The molecule has 1 amide bonds. The Morgan fingerprint density at radius 2 is 1.84 bits per heavy atom. The second-order valence-corrected chi connectivity index (χ2v) is 7.85. The lowest BCUT2D eigenvalue weighted by Gasteiger charge is -2.40. The average Bonchev–Trinajstić information content (AvgIpc) is 3.10. The molecule has 2 atom stereocenters. The molecule has 0 aromatic carbocycles. The zero-order chi connectivity index (χ0) is 14.2. The third-order valence-electron chi connectivity index (χ3n) is 4.53. The van der Waals surface area contributed by atoms with Gasteiger partial charge < -0.3 is 5.32 Å². The van der Waals surface area contributed by atoms with Gasteiger partial charge in [-0.2, -0.15) is 0 Å². The van der Waals surface area contributed by atoms with Gasteiger partial charge in [0.05, 0.1) is 0 Å². The molecule has 1 saturated heterocycles. The molecule has 2 unspecified atom stereocenters. The number of amides is 1. The first kappa shape index (κ1) is 14.8. The average molecular weight is 266 g/mol. The molecule has 19 heavy (non-hydrogen) atoms. The van der Waals surface area contributed by atoms with E-state index in [2.05, 4.69) is 24.1 Å². The molecule has 3 heteroatoms. The third kappa shape index (κ3) is 3.95. The largest absolute Gasteiger partial charge is 0.352 e. The Morgan fingerprint density at radius 1 is 1.21 bits per heavy atom. The lowest BCUT2D eigenvalue weighted by atomic mass is 9.84. The minimum atomic E-state index is -0.283. The molecule has 2 fully saturated rings. The highest BCUT2D eigenvalue weighted by Gasteiger charge is 2.38. The summed E-state index contributed by atoms with van der Waals surface area (Å²) in [7, 11) is 0. The number of piperidine rings is 1. The molecule has 1 aliphatic heterocycles. The molecule has 1 saturated carbocycles. The molecule has 0 aromatic rings. The van der Waals surface area contributed by atoms with Crippen molar-refractivity contribution in [3.05, 3.63) is 0 Å². The molecule has 0 radical (unpaired) electrons. The molecule has 2 aliphatic rings. The topological polar surface area (TPSA) is 32.3 Å². The number of rotatable bonds is 3. The third-order valence-corrected chi connectivity index (χ3v) is 4.53. The molecule has 0 spiro atoms. The number of carbonyl (C=O) groups is 1. The number of carbonyl (C=O) groups excluding carboxylic acids is 1. The Kier molecular flexibility index (Phi) is 4.24. The predicted molar refractivity (Wildman–Crippen MR) is 78.9 cm³/mol. The van der Waals surface area contributed by atoms with Crippen LogP contribution in [0.3, 0.4) is 0 Å². The van der Waals surface area contributed by atoms with E-state index < -0.39 is 0 Å². The second kappa shape index (κ2) is 5.43. The number of likely N-dealkylation sites (tertiary alicyclic amines) is 1. The molecular weight excluding hydrogens is 236 g/mol. The van der Waals surface area contributed by atoms with E-state index in [1.54, 1.807) is 0 Å². The summed E-state index contributed by atoms with van der Waals surface area (Å²) in [5.74, 6) is 1.62. The number of hydrogen-bond donors (Lipinski definition) is 1. The van der Waals surface area contributed by atoms with E-state index in [0.29, 0.717) is 12.0 Å². The van der Waals surface area contributed by atoms with E-state index in [9.17, 15) is 4.79 Å². The Morgan fingerprint density at radius 3 is 2.32 bits per heavy atom. The number of nitrogens with one attached hydrogen (secondary N) is 1. The molecule has 2 rings (SSSR count). The first-order valence-corrected chi connectivity index (χ1v) is 7.82. The van der Waals surface area contributed by atoms with E-state index in [1.807, 2.05) is 20.8 Å². The normalized spacial score (nSPS) is 29.6. The van der Waals surface area contributed by atoms with Gasteiger partial charge in [0.1, 0.15) is 0 Å². The standard InChI is InChI=1S/C16H30N2O/c1-11(2)12-8-13(17-15(19)16(3,4)5)10-18(9-12)14-6-7-14/h11-14H,6-10H2,1-5H3,(H,17,19). The van der Waals surface area contributed by atoms with Gasteiger partial charge in [0.15, 0.2) is 0 Å². The van der Waals surface area contributed by atoms with E-state index in [-0.39, 0.29) is 11.3 Å². The van der Waals surface area contributed by atoms with Crippen LogP contribution in [-0.2, 0) is 4.79 Å². The van der Waals surface area contributed by atoms with E-state index in [4.69, 9.17) is 0 Å². The van der Waals surface area contributed by atoms with Crippen LogP contribution in [0.25, 0.3) is 0 Å². The maximum absolute atomic E-state index is 12.2. The van der Waals surface area contributed by atoms with Crippen LogP contribution in [0.4, 0.5) is 0 Å². The summed E-state index contributed by atoms with van der Waals surface area (Å²) >= 11 is 0. The van der Waals surface area contributed by atoms with Crippen LogP contribution in [0.5, 0.6) is 0 Å². The van der Waals surface area contributed by atoms with Crippen molar-refractivity contribution in [2.45, 2.75) is 66.0 Å². The number of hydrogen-bond acceptors (Lipinski definition) is 2. The van der Waals surface area contributed by atoms with Crippen molar-refractivity contribution in [2.24, 2.45) is 17.3 Å². The molecular formula is C16H30N2O. The van der Waals surface area contributed by atoms with Gasteiger partial charge in [-0.3, -0.25) is 9.69 Å². The fourth-order valence-electron chi connectivity index (χ4n) is 2.90. The smallest absolute Gasteiger partial charge is 0.225 e. The van der Waals surface area contributed by atoms with Crippen LogP contribution in [0.1, 0.15) is 53.9 Å². The van der Waals surface area contributed by atoms with Crippen LogP contribution in [0.2, 0.25) is 0 Å². The zero-order valence-electron chi connectivity index (χ0n) is 13.2. The van der Waals surface area contributed by atoms with E-state index in [0.717, 1.165) is 24.9 Å². The van der Waals surface area contributed by atoms with Gasteiger partial charge in [0.25, 0.3) is 0 Å². The first-order chi connectivity index (χ1) is 8.77. The maximum Gasteiger partial charge on any atom is 0.225 e. The summed E-state index contributed by atoms with van der Waals surface area (Å²) in [6.45, 7) is 12.9. The Balaban J connectivity index is 1.96. The van der Waals surface area contributed by atoms with Gasteiger partial charge in [-0.05, 0) is 31.1 Å². The molecule has 0 bridgehead atoms. The van der Waals surface area contributed by atoms with Gasteiger partial charge >= 0.3 is 0 Å². The summed E-state index contributed by atoms with van der Waals surface area (Å²) in [5, 5.41) is 3.28. The van der Waals surface area contributed by atoms with Crippen molar-refractivity contribution in [1.29, 1.82) is 0 Å². The van der Waals surface area contributed by atoms with Crippen molar-refractivity contribution in [2.75, 3.05) is 13.1 Å². The van der Waals surface area contributed by atoms with E-state index in [1.165, 1.54) is 19.4 Å². The predicted octanol–water partition coefficient (Wildman–Crippen LogP) is 2.66. The summed E-state index contributed by atoms with van der Waals surface area (Å²) < 4.78 is 0. The van der Waals surface area contributed by atoms with Crippen molar-refractivity contribution in [3.63, 3.8) is 0 Å². The van der Waals surface area contributed by atoms with E-state index >= 15 is 0 Å². The maximum atomic E-state index is 12.2. The van der Waals surface area contributed by atoms with Crippen LogP contribution in [-0.4, -0.2) is 36.0 Å². The highest BCUT2D eigenvalue weighted by molar-refractivity contribution is 5.81. The van der Waals surface area contributed by atoms with Crippen LogP contribution < -0.4 is 5.32 Å². The highest BCUT2D eigenvalue weighted by Crippen LogP contribution is 2.33. The van der Waals surface area contributed by atoms with Crippen LogP contribution in [0.15, 0.2) is 0 Å². The van der Waals surface area contributed by atoms with Crippen molar-refractivity contribution < 1.29 is 4.79 Å². The van der Waals surface area contributed by atoms with Gasteiger partial charge in [0, 0.05) is 30.6 Å². The second-order valence-electron chi connectivity index (χ2n) is 7.85. The van der Waals surface area contributed by atoms with Crippen molar-refractivity contribution >= 4 is 5.91 Å². The Hall–Kier alpha value is -0.570. The van der Waals surface area contributed by atoms with Crippen LogP contribution >= 0.6 is 0 Å². The van der Waals surface area contributed by atoms with Gasteiger partial charge in [-0.25, -0.2) is 0 Å². The minimum absolute atomic E-state index is 0.192. The lowest BCUT2D eigenvalue weighted by Crippen LogP contribution is -2.54. The SMILES string of the molecule is CC(C)C1CC(NC(=O)C(C)(C)C)CN(C2CC2)C1. The van der Waals surface area contributed by atoms with Crippen molar-refractivity contribution in [3.8, 4) is 0 Å². The lowest BCUT2D eigenvalue weighted by molar-refractivity contribution is -0.129. The quantitative estimate of drug-likeness (QED) is 0.852. The fraction of sp³-hybridized carbons (Fsp3) is 0.938. The van der Waals surface area contributed by atoms with Gasteiger partial charge in [-0.15, -0.1) is 0 Å². The Bertz CT molecular complexity index is 318. The molecule has 1 N–H and O–H groups in total. The van der Waals surface area contributed by atoms with Gasteiger partial charge in [0.2, 0.25) is 5.91 Å². The number of nitrogens with zero attached hydrogens (tertiary/aromatic N) is 1. The summed E-state index contributed by atoms with van der Waals surface area (Å²) in [6, 6.07) is 1.14. The monoisotopic (exact) mass is 266 g/mol. The van der Waals surface area contributed by atoms with Crippen LogP contribution in [0, 0.1) is 17.3 Å².